The van der Waals surface area contributed by atoms with E-state index in [0.717, 1.165) is 95.2 Å². The largest absolute Gasteiger partial charge is 0.292 e. The number of hydrogen-bond donors (Lipinski definition) is 0. The Kier molecular flexibility index (Phi) is 9.69. The molecule has 7 nitrogen and oxygen atoms in total. The van der Waals surface area contributed by atoms with E-state index >= 15 is 0 Å². The molecule has 3 heterocycles. The third-order valence-electron chi connectivity index (χ3n) is 12.0. The second kappa shape index (κ2) is 16.6. The number of aromatic nitrogens is 7. The van der Waals surface area contributed by atoms with Gasteiger partial charge < -0.3 is 0 Å². The Morgan fingerprint density at radius 2 is 0.576 bits per heavy atom. The van der Waals surface area contributed by atoms with Gasteiger partial charge in [0.2, 0.25) is 0 Å². The molecule has 0 aliphatic heterocycles. The Hall–Kier alpha value is -9.07. The van der Waals surface area contributed by atoms with Gasteiger partial charge in [-0.25, -0.2) is 24.9 Å². The van der Waals surface area contributed by atoms with Crippen LogP contribution in [0.4, 0.5) is 0 Å². The highest BCUT2D eigenvalue weighted by molar-refractivity contribution is 5.90. The van der Waals surface area contributed by atoms with E-state index in [1.165, 1.54) is 0 Å². The van der Waals surface area contributed by atoms with Crippen molar-refractivity contribution in [1.29, 1.82) is 0 Å². The van der Waals surface area contributed by atoms with Crippen LogP contribution in [0.5, 0.6) is 0 Å². The summed E-state index contributed by atoms with van der Waals surface area (Å²) in [6.07, 6.45) is 0. The van der Waals surface area contributed by atoms with Gasteiger partial charge in [0.25, 0.3) is 0 Å². The van der Waals surface area contributed by atoms with Gasteiger partial charge >= 0.3 is 0 Å². The van der Waals surface area contributed by atoms with Gasteiger partial charge in [-0.05, 0) is 82.9 Å². The van der Waals surface area contributed by atoms with E-state index in [4.69, 9.17) is 24.9 Å². The fraction of sp³-hybridized carbons (Fsp3) is 0. The van der Waals surface area contributed by atoms with Crippen molar-refractivity contribution in [3.8, 4) is 90.6 Å². The van der Waals surface area contributed by atoms with Crippen molar-refractivity contribution in [3.63, 3.8) is 0 Å². The summed E-state index contributed by atoms with van der Waals surface area (Å²) in [6, 6.07) is 81.5. The van der Waals surface area contributed by atoms with Crippen molar-refractivity contribution in [2.75, 3.05) is 0 Å². The molecule has 12 rings (SSSR count). The lowest BCUT2D eigenvalue weighted by molar-refractivity contribution is 1.07. The van der Waals surface area contributed by atoms with E-state index in [9.17, 15) is 0 Å². The zero-order chi connectivity index (χ0) is 43.8. The van der Waals surface area contributed by atoms with Crippen LogP contribution in [-0.2, 0) is 0 Å². The van der Waals surface area contributed by atoms with Gasteiger partial charge in [-0.2, -0.15) is 0 Å². The van der Waals surface area contributed by atoms with Crippen LogP contribution in [-0.4, -0.2) is 34.1 Å². The first-order valence-electron chi connectivity index (χ1n) is 22.0. The minimum Gasteiger partial charge on any atom is -0.292 e. The SMILES string of the molecule is c1ccc(-c2nc(-c3ccc(-n4c(-c5ccccc5)nc5ccccc54)cc3-c3ccccc3)nc(-c3ccc(-n4c(-c5ccccc5)nc5ccccc54)cc3-c3ccccc3)n2)cc1. The number of hydrogen-bond acceptors (Lipinski definition) is 5. The summed E-state index contributed by atoms with van der Waals surface area (Å²) in [5, 5.41) is 0. The maximum Gasteiger partial charge on any atom is 0.164 e. The quantitative estimate of drug-likeness (QED) is 0.145. The lowest BCUT2D eigenvalue weighted by Crippen LogP contribution is -2.04. The molecule has 0 bridgehead atoms. The fourth-order valence-electron chi connectivity index (χ4n) is 8.92. The molecular formula is C59H39N7. The number of rotatable bonds is 9. The van der Waals surface area contributed by atoms with Crippen LogP contribution in [0.1, 0.15) is 0 Å². The molecule has 0 saturated carbocycles. The molecule has 0 aliphatic carbocycles. The third-order valence-corrected chi connectivity index (χ3v) is 12.0. The van der Waals surface area contributed by atoms with Gasteiger partial charge in [0.15, 0.2) is 17.5 Å². The Morgan fingerprint density at radius 3 is 0.985 bits per heavy atom. The van der Waals surface area contributed by atoms with E-state index in [2.05, 4.69) is 191 Å². The van der Waals surface area contributed by atoms with Crippen molar-refractivity contribution in [3.05, 3.63) is 237 Å². The van der Waals surface area contributed by atoms with Crippen LogP contribution < -0.4 is 0 Å². The first-order valence-corrected chi connectivity index (χ1v) is 22.0. The van der Waals surface area contributed by atoms with Crippen molar-refractivity contribution >= 4 is 22.1 Å². The monoisotopic (exact) mass is 845 g/mol. The predicted molar refractivity (Wildman–Crippen MR) is 267 cm³/mol. The Labute approximate surface area is 381 Å². The smallest absolute Gasteiger partial charge is 0.164 e. The maximum atomic E-state index is 5.43. The van der Waals surface area contributed by atoms with Crippen LogP contribution in [0.2, 0.25) is 0 Å². The summed E-state index contributed by atoms with van der Waals surface area (Å²) in [5.41, 5.74) is 14.6. The highest BCUT2D eigenvalue weighted by Crippen LogP contribution is 2.40. The zero-order valence-electron chi connectivity index (χ0n) is 35.6. The summed E-state index contributed by atoms with van der Waals surface area (Å²) in [6.45, 7) is 0. The summed E-state index contributed by atoms with van der Waals surface area (Å²) < 4.78 is 4.49. The van der Waals surface area contributed by atoms with Crippen molar-refractivity contribution in [2.45, 2.75) is 0 Å². The minimum absolute atomic E-state index is 0.568. The zero-order valence-corrected chi connectivity index (χ0v) is 35.6. The highest BCUT2D eigenvalue weighted by atomic mass is 15.1. The lowest BCUT2D eigenvalue weighted by atomic mass is 9.97. The second-order valence-electron chi connectivity index (χ2n) is 16.1. The molecule has 7 heteroatoms. The molecule has 0 aliphatic rings. The average molecular weight is 846 g/mol. The van der Waals surface area contributed by atoms with Gasteiger partial charge in [0.1, 0.15) is 11.6 Å². The molecule has 0 saturated heterocycles. The second-order valence-corrected chi connectivity index (χ2v) is 16.1. The predicted octanol–water partition coefficient (Wildman–Crippen LogP) is 14.2. The van der Waals surface area contributed by atoms with Gasteiger partial charge in [0, 0.05) is 39.2 Å². The molecular weight excluding hydrogens is 807 g/mol. The number of para-hydroxylation sites is 4. The minimum atomic E-state index is 0.568. The Balaban J connectivity index is 1.08. The van der Waals surface area contributed by atoms with Crippen molar-refractivity contribution in [2.24, 2.45) is 0 Å². The topological polar surface area (TPSA) is 74.3 Å². The van der Waals surface area contributed by atoms with Crippen LogP contribution in [0.25, 0.3) is 113 Å². The van der Waals surface area contributed by atoms with Crippen LogP contribution in [0.15, 0.2) is 237 Å². The normalized spacial score (nSPS) is 11.3. The molecule has 9 aromatic carbocycles. The van der Waals surface area contributed by atoms with Crippen molar-refractivity contribution < 1.29 is 0 Å². The van der Waals surface area contributed by atoms with E-state index < -0.39 is 0 Å². The van der Waals surface area contributed by atoms with Crippen LogP contribution in [0.3, 0.4) is 0 Å². The highest BCUT2D eigenvalue weighted by Gasteiger charge is 2.22. The van der Waals surface area contributed by atoms with E-state index in [1.807, 2.05) is 54.6 Å². The molecule has 0 unspecified atom stereocenters. The molecule has 12 aromatic rings. The van der Waals surface area contributed by atoms with E-state index in [-0.39, 0.29) is 0 Å². The number of fused-ring (bicyclic) bond motifs is 2. The summed E-state index contributed by atoms with van der Waals surface area (Å²) in [4.78, 5) is 26.3. The number of nitrogens with zero attached hydrogens (tertiary/aromatic N) is 7. The van der Waals surface area contributed by atoms with E-state index in [1.54, 1.807) is 0 Å². The van der Waals surface area contributed by atoms with Gasteiger partial charge in [-0.3, -0.25) is 9.13 Å². The average Bonchev–Trinajstić information content (AvgIpc) is 3.99. The Morgan fingerprint density at radius 1 is 0.242 bits per heavy atom. The van der Waals surface area contributed by atoms with E-state index in [0.29, 0.717) is 17.5 Å². The first kappa shape index (κ1) is 38.6. The molecule has 0 atom stereocenters. The standard InChI is InChI=1S/C59H39N7/c1-6-20-40(21-7-1)49-38-45(65-53-32-18-16-30-51(53)60-58(65)43-26-12-4-13-27-43)34-36-47(49)56-62-55(42-24-10-3-11-25-42)63-57(64-56)48-37-35-46(39-50(48)41-22-8-2-9-23-41)66-54-33-19-17-31-52(54)61-59(66)44-28-14-5-15-29-44/h1-39H. The van der Waals surface area contributed by atoms with Gasteiger partial charge in [-0.15, -0.1) is 0 Å². The summed E-state index contributed by atoms with van der Waals surface area (Å²) >= 11 is 0. The Bertz CT molecular complexity index is 3460. The van der Waals surface area contributed by atoms with Crippen LogP contribution in [0, 0.1) is 0 Å². The van der Waals surface area contributed by atoms with Gasteiger partial charge in [0.05, 0.1) is 22.1 Å². The van der Waals surface area contributed by atoms with Crippen LogP contribution >= 0.6 is 0 Å². The number of benzene rings is 9. The molecule has 0 spiro atoms. The molecule has 0 N–H and O–H groups in total. The summed E-state index contributed by atoms with van der Waals surface area (Å²) in [7, 11) is 0. The molecule has 310 valence electrons. The fourth-order valence-corrected chi connectivity index (χ4v) is 8.92. The number of imidazole rings is 2. The molecule has 3 aromatic heterocycles. The van der Waals surface area contributed by atoms with Crippen molar-refractivity contribution in [1.82, 2.24) is 34.1 Å². The molecule has 0 amide bonds. The maximum absolute atomic E-state index is 5.43. The molecule has 66 heavy (non-hydrogen) atoms. The lowest BCUT2D eigenvalue weighted by Gasteiger charge is -2.17. The molecule has 0 radical (unpaired) electrons. The molecule has 0 fully saturated rings. The van der Waals surface area contributed by atoms with Gasteiger partial charge in [-0.1, -0.05) is 176 Å². The summed E-state index contributed by atoms with van der Waals surface area (Å²) in [5.74, 6) is 3.46. The first-order chi connectivity index (χ1) is 32.7. The third kappa shape index (κ3) is 7.01.